The summed E-state index contributed by atoms with van der Waals surface area (Å²) in [5.74, 6) is -0.287. The van der Waals surface area contributed by atoms with E-state index in [-0.39, 0.29) is 26.4 Å². The van der Waals surface area contributed by atoms with Crippen molar-refractivity contribution in [2.75, 3.05) is 4.72 Å². The Bertz CT molecular complexity index is 703. The number of benzene rings is 1. The Morgan fingerprint density at radius 3 is 2.11 bits per heavy atom. The van der Waals surface area contributed by atoms with Gasteiger partial charge in [0.2, 0.25) is 16.5 Å². The molecule has 0 aliphatic carbocycles. The zero-order valence-corrected chi connectivity index (χ0v) is 12.1. The van der Waals surface area contributed by atoms with E-state index in [2.05, 4.69) is 19.7 Å². The van der Waals surface area contributed by atoms with Crippen molar-refractivity contribution in [2.45, 2.75) is 4.90 Å². The number of anilines is 1. The van der Waals surface area contributed by atoms with Gasteiger partial charge in [-0.25, -0.2) is 13.1 Å². The lowest BCUT2D eigenvalue weighted by atomic mass is 10.4. The van der Waals surface area contributed by atoms with Crippen molar-refractivity contribution in [3.63, 3.8) is 0 Å². The van der Waals surface area contributed by atoms with Crippen LogP contribution in [0, 0.1) is 0 Å². The summed E-state index contributed by atoms with van der Waals surface area (Å²) in [5.41, 5.74) is 0. The van der Waals surface area contributed by atoms with E-state index in [1.807, 2.05) is 0 Å². The van der Waals surface area contributed by atoms with Gasteiger partial charge in [0, 0.05) is 0 Å². The van der Waals surface area contributed by atoms with Gasteiger partial charge < -0.3 is 0 Å². The summed E-state index contributed by atoms with van der Waals surface area (Å²) in [6.07, 6.45) is 0. The number of hydrogen-bond acceptors (Lipinski definition) is 5. The van der Waals surface area contributed by atoms with Gasteiger partial charge in [-0.05, 0) is 35.3 Å². The predicted molar refractivity (Wildman–Crippen MR) is 72.1 cm³/mol. The zero-order chi connectivity index (χ0) is 14.0. The van der Waals surface area contributed by atoms with Gasteiger partial charge in [0.25, 0.3) is 10.0 Å². The van der Waals surface area contributed by atoms with Gasteiger partial charge in [0.05, 0.1) is 5.02 Å². The van der Waals surface area contributed by atoms with Crippen molar-refractivity contribution in [2.24, 2.45) is 0 Å². The van der Waals surface area contributed by atoms with E-state index in [0.717, 1.165) is 0 Å². The molecule has 0 aliphatic rings. The Morgan fingerprint density at radius 2 is 1.53 bits per heavy atom. The van der Waals surface area contributed by atoms with Gasteiger partial charge in [-0.15, -0.1) is 0 Å². The third kappa shape index (κ3) is 3.44. The standard InChI is InChI=1S/C9H5Cl3N4O2S/c10-5-3-1-2-4-6(5)19(17,18)16-9-14-7(11)13-8(12)15-9/h1-4H,(H,13,14,15,16). The van der Waals surface area contributed by atoms with Crippen LogP contribution in [0.4, 0.5) is 5.95 Å². The van der Waals surface area contributed by atoms with E-state index in [0.29, 0.717) is 0 Å². The fourth-order valence-corrected chi connectivity index (χ4v) is 3.04. The zero-order valence-electron chi connectivity index (χ0n) is 9.01. The summed E-state index contributed by atoms with van der Waals surface area (Å²) in [6, 6.07) is 5.93. The smallest absolute Gasteiger partial charge is 0.247 e. The minimum atomic E-state index is -3.93. The molecule has 0 amide bonds. The van der Waals surface area contributed by atoms with Crippen LogP contribution in [0.1, 0.15) is 0 Å². The molecule has 0 bridgehead atoms. The molecule has 0 saturated heterocycles. The Kier molecular flexibility index (Phi) is 4.10. The van der Waals surface area contributed by atoms with Crippen molar-refractivity contribution in [1.82, 2.24) is 15.0 Å². The maximum Gasteiger partial charge on any atom is 0.265 e. The lowest BCUT2D eigenvalue weighted by Crippen LogP contribution is -2.16. The molecular formula is C9H5Cl3N4O2S. The fourth-order valence-electron chi connectivity index (χ4n) is 1.21. The molecule has 100 valence electrons. The molecule has 0 atom stereocenters. The number of nitrogens with one attached hydrogen (secondary N) is 1. The number of aromatic nitrogens is 3. The topological polar surface area (TPSA) is 84.8 Å². The van der Waals surface area contributed by atoms with Gasteiger partial charge in [0.15, 0.2) is 0 Å². The van der Waals surface area contributed by atoms with Crippen LogP contribution in [0.2, 0.25) is 15.6 Å². The van der Waals surface area contributed by atoms with Crippen LogP contribution >= 0.6 is 34.8 Å². The van der Waals surface area contributed by atoms with E-state index in [1.165, 1.54) is 18.2 Å². The van der Waals surface area contributed by atoms with Crippen molar-refractivity contribution in [1.29, 1.82) is 0 Å². The normalized spacial score (nSPS) is 11.3. The molecule has 0 spiro atoms. The van der Waals surface area contributed by atoms with Crippen molar-refractivity contribution < 1.29 is 8.42 Å². The molecule has 1 heterocycles. The highest BCUT2D eigenvalue weighted by Crippen LogP contribution is 2.22. The Balaban J connectivity index is 2.39. The molecule has 19 heavy (non-hydrogen) atoms. The molecule has 0 aliphatic heterocycles. The minimum Gasteiger partial charge on any atom is -0.247 e. The van der Waals surface area contributed by atoms with Crippen LogP contribution in [-0.4, -0.2) is 23.4 Å². The van der Waals surface area contributed by atoms with Crippen LogP contribution in [0.5, 0.6) is 0 Å². The molecule has 0 radical (unpaired) electrons. The van der Waals surface area contributed by atoms with Gasteiger partial charge in [-0.1, -0.05) is 23.7 Å². The molecule has 6 nitrogen and oxygen atoms in total. The number of halogens is 3. The van der Waals surface area contributed by atoms with Crippen LogP contribution in [0.25, 0.3) is 0 Å². The minimum absolute atomic E-state index is 0.0706. The monoisotopic (exact) mass is 338 g/mol. The van der Waals surface area contributed by atoms with E-state index >= 15 is 0 Å². The fraction of sp³-hybridized carbons (Fsp3) is 0. The summed E-state index contributed by atoms with van der Waals surface area (Å²) in [5, 5.41) is -0.380. The summed E-state index contributed by atoms with van der Waals surface area (Å²) >= 11 is 16.9. The van der Waals surface area contributed by atoms with E-state index in [1.54, 1.807) is 6.07 Å². The van der Waals surface area contributed by atoms with Gasteiger partial charge >= 0.3 is 0 Å². The second-order valence-corrected chi connectivity index (χ2v) is 5.97. The number of hydrogen-bond donors (Lipinski definition) is 1. The first kappa shape index (κ1) is 14.3. The molecule has 0 fully saturated rings. The SMILES string of the molecule is O=S(=O)(Nc1nc(Cl)nc(Cl)n1)c1ccccc1Cl. The van der Waals surface area contributed by atoms with Crippen LogP contribution in [0.15, 0.2) is 29.2 Å². The molecular weight excluding hydrogens is 335 g/mol. The highest BCUT2D eigenvalue weighted by molar-refractivity contribution is 7.92. The van der Waals surface area contributed by atoms with Crippen LogP contribution < -0.4 is 4.72 Å². The first-order valence-electron chi connectivity index (χ1n) is 4.73. The molecule has 1 N–H and O–H groups in total. The summed E-state index contributed by atoms with van der Waals surface area (Å²) in [7, 11) is -3.93. The predicted octanol–water partition coefficient (Wildman–Crippen LogP) is 2.63. The van der Waals surface area contributed by atoms with Crippen molar-refractivity contribution in [3.8, 4) is 0 Å². The van der Waals surface area contributed by atoms with Gasteiger partial charge in [0.1, 0.15) is 4.90 Å². The van der Waals surface area contributed by atoms with Crippen LogP contribution in [-0.2, 0) is 10.0 Å². The Labute approximate surface area is 123 Å². The molecule has 1 aromatic heterocycles. The van der Waals surface area contributed by atoms with E-state index < -0.39 is 10.0 Å². The second-order valence-electron chi connectivity index (χ2n) is 3.23. The summed E-state index contributed by atoms with van der Waals surface area (Å²) in [6.45, 7) is 0. The molecule has 1 aromatic carbocycles. The molecule has 0 saturated carbocycles. The van der Waals surface area contributed by atoms with Crippen LogP contribution in [0.3, 0.4) is 0 Å². The third-order valence-electron chi connectivity index (χ3n) is 1.93. The average molecular weight is 340 g/mol. The number of sulfonamides is 1. The quantitative estimate of drug-likeness (QED) is 0.929. The summed E-state index contributed by atoms with van der Waals surface area (Å²) in [4.78, 5) is 10.6. The van der Waals surface area contributed by atoms with E-state index in [9.17, 15) is 8.42 Å². The molecule has 2 rings (SSSR count). The van der Waals surface area contributed by atoms with Gasteiger partial charge in [-0.3, -0.25) is 0 Å². The third-order valence-corrected chi connectivity index (χ3v) is 4.10. The first-order chi connectivity index (χ1) is 8.88. The molecule has 2 aromatic rings. The molecule has 0 unspecified atom stereocenters. The maximum absolute atomic E-state index is 12.1. The van der Waals surface area contributed by atoms with Gasteiger partial charge in [-0.2, -0.15) is 15.0 Å². The van der Waals surface area contributed by atoms with E-state index in [4.69, 9.17) is 34.8 Å². The maximum atomic E-state index is 12.1. The Hall–Kier alpha value is -1.15. The highest BCUT2D eigenvalue weighted by Gasteiger charge is 2.19. The van der Waals surface area contributed by atoms with Crippen molar-refractivity contribution >= 4 is 50.8 Å². The van der Waals surface area contributed by atoms with Crippen molar-refractivity contribution in [3.05, 3.63) is 39.9 Å². The second kappa shape index (κ2) is 5.46. The molecule has 10 heteroatoms. The highest BCUT2D eigenvalue weighted by atomic mass is 35.5. The lowest BCUT2D eigenvalue weighted by Gasteiger charge is -2.07. The Morgan fingerprint density at radius 1 is 0.947 bits per heavy atom. The number of nitrogens with zero attached hydrogens (tertiary/aromatic N) is 3. The first-order valence-corrected chi connectivity index (χ1v) is 7.34. The average Bonchev–Trinajstić information content (AvgIpc) is 2.26. The largest absolute Gasteiger partial charge is 0.265 e. The number of rotatable bonds is 3. The lowest BCUT2D eigenvalue weighted by molar-refractivity contribution is 0.601. The summed E-state index contributed by atoms with van der Waals surface area (Å²) < 4.78 is 26.2.